The standard InChI is InChI=1S/C28H28Cl2N6O2/c1-16(2)32-28-33-24-15-35(26(37)19-7-10-22(29)23(30)14-19)17(3)13-21(24)27(38)36(28)20-8-5-18(6-9-20)25-31-11-12-34(25)4/h5-12,14,16-17H,13,15H2,1-4H3,(H,32,33)/t17-/m1/s1. The van der Waals surface area contributed by atoms with E-state index in [9.17, 15) is 9.59 Å². The van der Waals surface area contributed by atoms with E-state index in [0.29, 0.717) is 44.9 Å². The minimum atomic E-state index is -0.206. The van der Waals surface area contributed by atoms with E-state index >= 15 is 0 Å². The van der Waals surface area contributed by atoms with E-state index in [0.717, 1.165) is 11.4 Å². The number of amides is 1. The number of nitrogens with zero attached hydrogens (tertiary/aromatic N) is 5. The fourth-order valence-electron chi connectivity index (χ4n) is 4.72. The Hall–Kier alpha value is -3.62. The summed E-state index contributed by atoms with van der Waals surface area (Å²) in [7, 11) is 1.94. The quantitative estimate of drug-likeness (QED) is 0.362. The summed E-state index contributed by atoms with van der Waals surface area (Å²) in [6, 6.07) is 12.4. The number of halogens is 2. The van der Waals surface area contributed by atoms with Gasteiger partial charge in [0.1, 0.15) is 5.82 Å². The van der Waals surface area contributed by atoms with Gasteiger partial charge in [-0.2, -0.15) is 0 Å². The molecule has 1 atom stereocenters. The number of carbonyl (C=O) groups is 1. The number of aryl methyl sites for hydroxylation is 1. The van der Waals surface area contributed by atoms with E-state index < -0.39 is 0 Å². The number of anilines is 1. The number of fused-ring (bicyclic) bond motifs is 1. The van der Waals surface area contributed by atoms with Crippen molar-refractivity contribution in [3.05, 3.63) is 92.1 Å². The molecule has 10 heteroatoms. The van der Waals surface area contributed by atoms with Gasteiger partial charge in [0, 0.05) is 48.2 Å². The van der Waals surface area contributed by atoms with E-state index in [2.05, 4.69) is 10.3 Å². The zero-order chi connectivity index (χ0) is 27.1. The highest BCUT2D eigenvalue weighted by atomic mass is 35.5. The Kier molecular flexibility index (Phi) is 7.03. The fourth-order valence-corrected chi connectivity index (χ4v) is 5.02. The molecule has 0 spiro atoms. The predicted molar refractivity (Wildman–Crippen MR) is 150 cm³/mol. The average molecular weight is 551 g/mol. The molecule has 2 aromatic heterocycles. The first-order valence-electron chi connectivity index (χ1n) is 12.4. The molecule has 1 aliphatic rings. The van der Waals surface area contributed by atoms with Crippen molar-refractivity contribution in [1.29, 1.82) is 0 Å². The van der Waals surface area contributed by atoms with E-state index in [1.807, 2.05) is 62.8 Å². The van der Waals surface area contributed by atoms with Crippen LogP contribution in [0.4, 0.5) is 5.95 Å². The van der Waals surface area contributed by atoms with Gasteiger partial charge in [0.25, 0.3) is 11.5 Å². The maximum atomic E-state index is 13.9. The molecule has 0 saturated carbocycles. The van der Waals surface area contributed by atoms with Crippen molar-refractivity contribution in [2.24, 2.45) is 7.05 Å². The van der Waals surface area contributed by atoms with Gasteiger partial charge in [0.05, 0.1) is 28.0 Å². The van der Waals surface area contributed by atoms with Crippen molar-refractivity contribution < 1.29 is 4.79 Å². The molecule has 0 aliphatic carbocycles. The van der Waals surface area contributed by atoms with Crippen molar-refractivity contribution in [1.82, 2.24) is 24.0 Å². The van der Waals surface area contributed by atoms with Crippen LogP contribution in [-0.2, 0) is 20.0 Å². The third-order valence-electron chi connectivity index (χ3n) is 6.66. The van der Waals surface area contributed by atoms with Gasteiger partial charge in [-0.15, -0.1) is 0 Å². The predicted octanol–water partition coefficient (Wildman–Crippen LogP) is 5.35. The Bertz CT molecular complexity index is 1580. The van der Waals surface area contributed by atoms with Gasteiger partial charge in [-0.05, 0) is 69.7 Å². The van der Waals surface area contributed by atoms with Crippen LogP contribution in [-0.4, -0.2) is 42.0 Å². The second kappa shape index (κ2) is 10.3. The second-order valence-corrected chi connectivity index (χ2v) is 10.6. The summed E-state index contributed by atoms with van der Waals surface area (Å²) in [6.07, 6.45) is 4.03. The first-order valence-corrected chi connectivity index (χ1v) is 13.1. The number of nitrogens with one attached hydrogen (secondary N) is 1. The van der Waals surface area contributed by atoms with Crippen LogP contribution in [0.1, 0.15) is 42.4 Å². The minimum absolute atomic E-state index is 0.0366. The molecule has 0 unspecified atom stereocenters. The normalized spacial score (nSPS) is 15.0. The molecule has 5 rings (SSSR count). The van der Waals surface area contributed by atoms with Crippen LogP contribution in [0, 0.1) is 0 Å². The summed E-state index contributed by atoms with van der Waals surface area (Å²) >= 11 is 12.2. The Labute approximate surface area is 230 Å². The molecule has 1 amide bonds. The molecule has 0 radical (unpaired) electrons. The Balaban J connectivity index is 1.54. The summed E-state index contributed by atoms with van der Waals surface area (Å²) in [4.78, 5) is 38.2. The molecule has 1 N–H and O–H groups in total. The van der Waals surface area contributed by atoms with Crippen LogP contribution in [0.2, 0.25) is 10.0 Å². The van der Waals surface area contributed by atoms with Crippen LogP contribution < -0.4 is 10.9 Å². The van der Waals surface area contributed by atoms with Crippen molar-refractivity contribution in [3.8, 4) is 17.1 Å². The van der Waals surface area contributed by atoms with Gasteiger partial charge in [-0.25, -0.2) is 14.5 Å². The zero-order valence-corrected chi connectivity index (χ0v) is 23.1. The Morgan fingerprint density at radius 2 is 1.84 bits per heavy atom. The molecule has 0 bridgehead atoms. The van der Waals surface area contributed by atoms with Crippen molar-refractivity contribution in [3.63, 3.8) is 0 Å². The molecule has 4 aromatic rings. The van der Waals surface area contributed by atoms with Gasteiger partial charge in [-0.1, -0.05) is 23.2 Å². The van der Waals surface area contributed by atoms with Crippen molar-refractivity contribution in [2.45, 2.75) is 45.8 Å². The van der Waals surface area contributed by atoms with Gasteiger partial charge in [0.15, 0.2) is 0 Å². The van der Waals surface area contributed by atoms with Crippen molar-refractivity contribution >= 4 is 35.1 Å². The lowest BCUT2D eigenvalue weighted by Gasteiger charge is -2.34. The van der Waals surface area contributed by atoms with E-state index in [-0.39, 0.29) is 30.1 Å². The third-order valence-corrected chi connectivity index (χ3v) is 7.40. The molecule has 1 aliphatic heterocycles. The highest BCUT2D eigenvalue weighted by molar-refractivity contribution is 6.42. The lowest BCUT2D eigenvalue weighted by Crippen LogP contribution is -2.46. The first-order chi connectivity index (χ1) is 18.1. The number of imidazole rings is 1. The maximum absolute atomic E-state index is 13.9. The number of benzene rings is 2. The largest absolute Gasteiger partial charge is 0.353 e. The van der Waals surface area contributed by atoms with Gasteiger partial charge < -0.3 is 14.8 Å². The molecule has 2 aromatic carbocycles. The van der Waals surface area contributed by atoms with Crippen LogP contribution >= 0.6 is 23.2 Å². The van der Waals surface area contributed by atoms with Crippen molar-refractivity contribution in [2.75, 3.05) is 5.32 Å². The Morgan fingerprint density at radius 1 is 1.11 bits per heavy atom. The summed E-state index contributed by atoms with van der Waals surface area (Å²) < 4.78 is 3.56. The molecule has 0 saturated heterocycles. The first kappa shape index (κ1) is 26.0. The topological polar surface area (TPSA) is 85.1 Å². The van der Waals surface area contributed by atoms with Crippen LogP contribution in [0.25, 0.3) is 17.1 Å². The zero-order valence-electron chi connectivity index (χ0n) is 21.6. The summed E-state index contributed by atoms with van der Waals surface area (Å²) in [5.74, 6) is 1.09. The highest BCUT2D eigenvalue weighted by Crippen LogP contribution is 2.28. The SMILES string of the molecule is CC(C)Nc1nc2c(c(=O)n1-c1ccc(-c3nccn3C)cc1)C[C@@H](C)N(C(=O)c1ccc(Cl)c(Cl)c1)C2. The molecule has 0 fully saturated rings. The lowest BCUT2D eigenvalue weighted by atomic mass is 9.98. The molecule has 8 nitrogen and oxygen atoms in total. The van der Waals surface area contributed by atoms with Gasteiger partial charge in [0.2, 0.25) is 5.95 Å². The number of rotatable bonds is 5. The highest BCUT2D eigenvalue weighted by Gasteiger charge is 2.32. The molecular formula is C28H28Cl2N6O2. The monoisotopic (exact) mass is 550 g/mol. The lowest BCUT2D eigenvalue weighted by molar-refractivity contribution is 0.0653. The van der Waals surface area contributed by atoms with Gasteiger partial charge >= 0.3 is 0 Å². The number of aromatic nitrogens is 4. The molecule has 196 valence electrons. The van der Waals surface area contributed by atoms with Gasteiger partial charge in [-0.3, -0.25) is 9.59 Å². The average Bonchev–Trinajstić information content (AvgIpc) is 3.31. The molecule has 38 heavy (non-hydrogen) atoms. The number of carbonyl (C=O) groups excluding carboxylic acids is 1. The van der Waals surface area contributed by atoms with Crippen LogP contribution in [0.5, 0.6) is 0 Å². The van der Waals surface area contributed by atoms with E-state index in [1.54, 1.807) is 33.9 Å². The van der Waals surface area contributed by atoms with Crippen LogP contribution in [0.15, 0.2) is 59.7 Å². The van der Waals surface area contributed by atoms with Crippen LogP contribution in [0.3, 0.4) is 0 Å². The maximum Gasteiger partial charge on any atom is 0.263 e. The molecular weight excluding hydrogens is 523 g/mol. The number of hydrogen-bond donors (Lipinski definition) is 1. The fraction of sp³-hybridized carbons (Fsp3) is 0.286. The molecule has 3 heterocycles. The van der Waals surface area contributed by atoms with E-state index in [4.69, 9.17) is 28.2 Å². The Morgan fingerprint density at radius 3 is 2.47 bits per heavy atom. The minimum Gasteiger partial charge on any atom is -0.353 e. The summed E-state index contributed by atoms with van der Waals surface area (Å²) in [5.41, 5.74) is 3.15. The van der Waals surface area contributed by atoms with E-state index in [1.165, 1.54) is 0 Å². The summed E-state index contributed by atoms with van der Waals surface area (Å²) in [5, 5.41) is 4.02. The second-order valence-electron chi connectivity index (χ2n) is 9.82. The number of hydrogen-bond acceptors (Lipinski definition) is 5. The third kappa shape index (κ3) is 4.81. The summed E-state index contributed by atoms with van der Waals surface area (Å²) in [6.45, 7) is 6.13. The smallest absolute Gasteiger partial charge is 0.263 e.